The Morgan fingerprint density at radius 1 is 0.523 bits per heavy atom. The van der Waals surface area contributed by atoms with Gasteiger partial charge >= 0.3 is 0 Å². The maximum atomic E-state index is 10.7. The van der Waals surface area contributed by atoms with Gasteiger partial charge in [-0.1, -0.05) is 121 Å². The summed E-state index contributed by atoms with van der Waals surface area (Å²) in [6.07, 6.45) is 14.0. The van der Waals surface area contributed by atoms with Crippen LogP contribution in [-0.2, 0) is 15.9 Å². The molecule has 2 N–H and O–H groups in total. The molecule has 3 rings (SSSR count). The zero-order chi connectivity index (χ0) is 31.4. The minimum Gasteiger partial charge on any atom is -0.489 e. The van der Waals surface area contributed by atoms with Gasteiger partial charge in [0, 0.05) is 34.8 Å². The molecule has 44 heavy (non-hydrogen) atoms. The van der Waals surface area contributed by atoms with Crippen LogP contribution >= 0.6 is 0 Å². The number of hydrogen-bond acceptors (Lipinski definition) is 6. The highest BCUT2D eigenvalue weighted by atomic mass is 16.5. The minimum atomic E-state index is -0.722. The fraction of sp³-hybridized carbons (Fsp3) is 0.632. The molecule has 0 amide bonds. The normalized spacial score (nSPS) is 13.0. The van der Waals surface area contributed by atoms with Crippen molar-refractivity contribution in [2.45, 2.75) is 116 Å². The van der Waals surface area contributed by atoms with Crippen molar-refractivity contribution in [2.75, 3.05) is 39.6 Å². The largest absolute Gasteiger partial charge is 0.489 e. The van der Waals surface area contributed by atoms with Crippen molar-refractivity contribution < 1.29 is 29.2 Å². The fourth-order valence-electron chi connectivity index (χ4n) is 5.54. The molecule has 0 aliphatic rings. The van der Waals surface area contributed by atoms with Gasteiger partial charge in [-0.2, -0.15) is 0 Å². The summed E-state index contributed by atoms with van der Waals surface area (Å²) in [6, 6.07) is 14.3. The molecule has 0 spiro atoms. The van der Waals surface area contributed by atoms with Gasteiger partial charge in [-0.15, -0.1) is 0 Å². The maximum Gasteiger partial charge on any atom is 0.135 e. The van der Waals surface area contributed by atoms with Crippen LogP contribution in [0.5, 0.6) is 11.5 Å². The van der Waals surface area contributed by atoms with Gasteiger partial charge in [0.05, 0.1) is 13.2 Å². The minimum absolute atomic E-state index is 0.139. The summed E-state index contributed by atoms with van der Waals surface area (Å²) in [5.41, 5.74) is 1.19. The summed E-state index contributed by atoms with van der Waals surface area (Å²) in [4.78, 5) is 0. The average molecular weight is 611 g/mol. The predicted molar refractivity (Wildman–Crippen MR) is 182 cm³/mol. The predicted octanol–water partition coefficient (Wildman–Crippen LogP) is 8.79. The Bertz CT molecular complexity index is 1190. The lowest BCUT2D eigenvalue weighted by atomic mass is 9.98. The highest BCUT2D eigenvalue weighted by Crippen LogP contribution is 2.43. The van der Waals surface area contributed by atoms with E-state index >= 15 is 0 Å². The van der Waals surface area contributed by atoms with Crippen LogP contribution in [0, 0.1) is 0 Å². The molecule has 0 saturated heterocycles. The molecule has 246 valence electrons. The van der Waals surface area contributed by atoms with E-state index in [0.717, 1.165) is 52.3 Å². The van der Waals surface area contributed by atoms with Gasteiger partial charge < -0.3 is 29.2 Å². The van der Waals surface area contributed by atoms with Gasteiger partial charge in [-0.25, -0.2) is 0 Å². The second kappa shape index (κ2) is 21.4. The van der Waals surface area contributed by atoms with E-state index in [9.17, 15) is 10.2 Å². The van der Waals surface area contributed by atoms with Gasteiger partial charge in [-0.3, -0.25) is 0 Å². The first-order valence-corrected chi connectivity index (χ1v) is 17.3. The van der Waals surface area contributed by atoms with Crippen molar-refractivity contribution in [1.29, 1.82) is 0 Å². The molecule has 6 nitrogen and oxygen atoms in total. The maximum absolute atomic E-state index is 10.7. The number of ether oxygens (including phenoxy) is 4. The monoisotopic (exact) mass is 610 g/mol. The zero-order valence-corrected chi connectivity index (χ0v) is 27.7. The topological polar surface area (TPSA) is 77.4 Å². The van der Waals surface area contributed by atoms with Crippen molar-refractivity contribution in [3.05, 3.63) is 48.0 Å². The van der Waals surface area contributed by atoms with E-state index in [4.69, 9.17) is 18.9 Å². The number of aryl methyl sites for hydroxylation is 1. The van der Waals surface area contributed by atoms with Crippen LogP contribution < -0.4 is 9.47 Å². The molecule has 0 heterocycles. The van der Waals surface area contributed by atoms with Crippen molar-refractivity contribution in [3.63, 3.8) is 0 Å². The molecule has 3 aromatic rings. The molecule has 0 saturated carbocycles. The van der Waals surface area contributed by atoms with E-state index < -0.39 is 12.2 Å². The van der Waals surface area contributed by atoms with Gasteiger partial charge in [0.1, 0.15) is 36.9 Å². The van der Waals surface area contributed by atoms with Crippen molar-refractivity contribution >= 4 is 21.5 Å². The summed E-state index contributed by atoms with van der Waals surface area (Å²) in [7, 11) is 0. The van der Waals surface area contributed by atoms with E-state index in [1.807, 2.05) is 24.3 Å². The second-order valence-electron chi connectivity index (χ2n) is 12.1. The summed E-state index contributed by atoms with van der Waals surface area (Å²) in [6.45, 7) is 8.70. The quantitative estimate of drug-likeness (QED) is 0.0738. The average Bonchev–Trinajstić information content (AvgIpc) is 3.04. The zero-order valence-electron chi connectivity index (χ0n) is 27.7. The SMILES string of the molecule is CCCCCCCCOCC(O)COc1c2ccccc2c(OCC(O)COCCCCCCCC)c2cc(CC)ccc12. The smallest absolute Gasteiger partial charge is 0.135 e. The van der Waals surface area contributed by atoms with Crippen LogP contribution in [0.25, 0.3) is 21.5 Å². The number of aliphatic hydroxyl groups excluding tert-OH is 2. The summed E-state index contributed by atoms with van der Waals surface area (Å²) in [5.74, 6) is 1.46. The van der Waals surface area contributed by atoms with Gasteiger partial charge in [0.2, 0.25) is 0 Å². The number of aliphatic hydroxyl groups is 2. The van der Waals surface area contributed by atoms with Crippen molar-refractivity contribution in [2.24, 2.45) is 0 Å². The second-order valence-corrected chi connectivity index (χ2v) is 12.1. The summed E-state index contributed by atoms with van der Waals surface area (Å²) >= 11 is 0. The highest BCUT2D eigenvalue weighted by molar-refractivity contribution is 6.11. The molecule has 0 aliphatic carbocycles. The molecule has 2 atom stereocenters. The van der Waals surface area contributed by atoms with Crippen LogP contribution in [0.1, 0.15) is 103 Å². The first kappa shape index (κ1) is 36.1. The number of unbranched alkanes of at least 4 members (excludes halogenated alkanes) is 10. The first-order valence-electron chi connectivity index (χ1n) is 17.3. The van der Waals surface area contributed by atoms with E-state index in [1.165, 1.54) is 69.8 Å². The van der Waals surface area contributed by atoms with E-state index in [-0.39, 0.29) is 26.4 Å². The highest BCUT2D eigenvalue weighted by Gasteiger charge is 2.19. The van der Waals surface area contributed by atoms with E-state index in [1.54, 1.807) is 0 Å². The Morgan fingerprint density at radius 3 is 1.48 bits per heavy atom. The third-order valence-corrected chi connectivity index (χ3v) is 8.14. The number of benzene rings is 3. The third kappa shape index (κ3) is 12.2. The Labute approximate surface area is 266 Å². The molecule has 0 fully saturated rings. The standard InChI is InChI=1S/C38H58O6/c1-4-7-9-11-13-17-23-41-26-31(39)28-43-37-33-19-15-16-20-34(33)38(36-25-30(6-3)21-22-35(36)37)44-29-32(40)27-42-24-18-14-12-10-8-5-2/h15-16,19-22,25,31-32,39-40H,4-14,17-18,23-24,26-29H2,1-3H3. The van der Waals surface area contributed by atoms with Gasteiger partial charge in [0.15, 0.2) is 0 Å². The molecule has 0 aliphatic heterocycles. The number of hydrogen-bond donors (Lipinski definition) is 2. The molecule has 3 aromatic carbocycles. The summed E-state index contributed by atoms with van der Waals surface area (Å²) in [5, 5.41) is 25.0. The van der Waals surface area contributed by atoms with E-state index in [0.29, 0.717) is 13.2 Å². The lowest BCUT2D eigenvalue weighted by Gasteiger charge is -2.21. The Hall–Kier alpha value is -2.38. The molecule has 2 unspecified atom stereocenters. The Balaban J connectivity index is 1.63. The Morgan fingerprint density at radius 2 is 0.977 bits per heavy atom. The molecule has 0 aromatic heterocycles. The Kier molecular flexibility index (Phi) is 17.5. The third-order valence-electron chi connectivity index (χ3n) is 8.14. The van der Waals surface area contributed by atoms with Crippen LogP contribution in [0.3, 0.4) is 0 Å². The number of fused-ring (bicyclic) bond motifs is 2. The summed E-state index contributed by atoms with van der Waals surface area (Å²) < 4.78 is 24.2. The van der Waals surface area contributed by atoms with Crippen LogP contribution in [-0.4, -0.2) is 62.1 Å². The molecular weight excluding hydrogens is 552 g/mol. The molecule has 6 heteroatoms. The van der Waals surface area contributed by atoms with Crippen LogP contribution in [0.2, 0.25) is 0 Å². The molecular formula is C38H58O6. The van der Waals surface area contributed by atoms with Gasteiger partial charge in [0.25, 0.3) is 0 Å². The van der Waals surface area contributed by atoms with Crippen molar-refractivity contribution in [1.82, 2.24) is 0 Å². The van der Waals surface area contributed by atoms with Crippen LogP contribution in [0.15, 0.2) is 42.5 Å². The van der Waals surface area contributed by atoms with Crippen LogP contribution in [0.4, 0.5) is 0 Å². The lowest BCUT2D eigenvalue weighted by Crippen LogP contribution is -2.24. The lowest BCUT2D eigenvalue weighted by molar-refractivity contribution is 0.0111. The number of rotatable bonds is 25. The fourth-order valence-corrected chi connectivity index (χ4v) is 5.54. The van der Waals surface area contributed by atoms with E-state index in [2.05, 4.69) is 39.0 Å². The first-order chi connectivity index (χ1) is 21.6. The molecule has 0 radical (unpaired) electrons. The van der Waals surface area contributed by atoms with Gasteiger partial charge in [-0.05, 0) is 30.9 Å². The molecule has 0 bridgehead atoms. The van der Waals surface area contributed by atoms with Crippen molar-refractivity contribution in [3.8, 4) is 11.5 Å².